The highest BCUT2D eigenvalue weighted by atomic mass is 32.2. The van der Waals surface area contributed by atoms with Gasteiger partial charge in [0.2, 0.25) is 5.91 Å². The van der Waals surface area contributed by atoms with E-state index in [1.165, 1.54) is 16.5 Å². The fraction of sp³-hybridized carbons (Fsp3) is 0.583. The summed E-state index contributed by atoms with van der Waals surface area (Å²) >= 11 is 0.993. The molecule has 0 bridgehead atoms. The maximum atomic E-state index is 12.3. The third-order valence-corrected chi connectivity index (χ3v) is 6.04. The van der Waals surface area contributed by atoms with Crippen LogP contribution in [-0.4, -0.2) is 73.1 Å². The number of thioether (sulfide) groups is 1. The van der Waals surface area contributed by atoms with Gasteiger partial charge in [-0.3, -0.25) is 14.4 Å². The number of carbonyl (C=O) groups excluding carboxylic acids is 2. The molecule has 2 aliphatic heterocycles. The average molecular weight is 388 g/mol. The molecular formula is C12H14N5O6S2-. The highest BCUT2D eigenvalue weighted by molar-refractivity contribution is 7.99. The number of amides is 2. The molecule has 2 aliphatic rings. The van der Waals surface area contributed by atoms with E-state index in [9.17, 15) is 27.4 Å². The third-order valence-electron chi connectivity index (χ3n) is 4.11. The highest BCUT2D eigenvalue weighted by Crippen LogP contribution is 2.35. The molecule has 0 aliphatic carbocycles. The summed E-state index contributed by atoms with van der Waals surface area (Å²) in [6.45, 7) is 1.71. The maximum absolute atomic E-state index is 12.3. The van der Waals surface area contributed by atoms with Crippen molar-refractivity contribution in [1.82, 2.24) is 24.0 Å². The molecule has 2 fully saturated rings. The second kappa shape index (κ2) is 6.07. The van der Waals surface area contributed by atoms with E-state index < -0.39 is 39.8 Å². The van der Waals surface area contributed by atoms with Crippen molar-refractivity contribution in [3.05, 3.63) is 16.0 Å². The number of rotatable bonds is 4. The first-order chi connectivity index (χ1) is 11.6. The molecule has 3 heterocycles. The standard InChI is InChI=1S/C12H15N5O6S2/c1-6-10(19)13-12(15(2)14-6)24-5-8(18)16-4-3-7-9(16)11(20)17(7)25(21,22)23/h7,9H,3-5H2,1-2H3,(H,21,22,23)/p-1/t7-,9+/m1/s1. The lowest BCUT2D eigenvalue weighted by atomic mass is 10.0. The van der Waals surface area contributed by atoms with Crippen LogP contribution in [0.3, 0.4) is 0 Å². The van der Waals surface area contributed by atoms with Gasteiger partial charge < -0.3 is 9.45 Å². The van der Waals surface area contributed by atoms with E-state index in [0.29, 0.717) is 4.31 Å². The number of fused-ring (bicyclic) bond motifs is 1. The van der Waals surface area contributed by atoms with Crippen molar-refractivity contribution in [2.45, 2.75) is 30.6 Å². The molecule has 25 heavy (non-hydrogen) atoms. The molecule has 13 heteroatoms. The number of β-lactam (4-membered cyclic amide) rings is 1. The summed E-state index contributed by atoms with van der Waals surface area (Å²) in [6.07, 6.45) is 0.233. The molecule has 2 amide bonds. The lowest BCUT2D eigenvalue weighted by Crippen LogP contribution is -2.68. The smallest absolute Gasteiger partial charge is 0.295 e. The molecule has 0 spiro atoms. The molecule has 1 aromatic rings. The van der Waals surface area contributed by atoms with E-state index in [2.05, 4.69) is 10.1 Å². The van der Waals surface area contributed by atoms with Crippen LogP contribution in [-0.2, 0) is 26.9 Å². The number of hydrogen-bond acceptors (Lipinski definition) is 9. The largest absolute Gasteiger partial charge is 0.731 e. The van der Waals surface area contributed by atoms with Gasteiger partial charge in [-0.05, 0) is 13.3 Å². The van der Waals surface area contributed by atoms with Crippen molar-refractivity contribution in [1.29, 1.82) is 0 Å². The van der Waals surface area contributed by atoms with Gasteiger partial charge in [0.05, 0.1) is 11.8 Å². The van der Waals surface area contributed by atoms with E-state index in [1.807, 2.05) is 0 Å². The molecule has 0 unspecified atom stereocenters. The molecule has 11 nitrogen and oxygen atoms in total. The van der Waals surface area contributed by atoms with Gasteiger partial charge in [0, 0.05) is 13.6 Å². The zero-order valence-electron chi connectivity index (χ0n) is 13.3. The predicted octanol–water partition coefficient (Wildman–Crippen LogP) is -2.15. The summed E-state index contributed by atoms with van der Waals surface area (Å²) in [5, 5.41) is 4.22. The first-order valence-corrected chi connectivity index (χ1v) is 9.59. The Kier molecular flexibility index (Phi) is 4.33. The summed E-state index contributed by atoms with van der Waals surface area (Å²) in [7, 11) is -3.27. The van der Waals surface area contributed by atoms with Gasteiger partial charge in [-0.25, -0.2) is 17.4 Å². The van der Waals surface area contributed by atoms with E-state index in [1.54, 1.807) is 7.05 Å². The van der Waals surface area contributed by atoms with Crippen LogP contribution in [0.25, 0.3) is 0 Å². The van der Waals surface area contributed by atoms with Crippen molar-refractivity contribution >= 4 is 33.9 Å². The lowest BCUT2D eigenvalue weighted by Gasteiger charge is -2.45. The van der Waals surface area contributed by atoms with Crippen LogP contribution in [0.15, 0.2) is 9.95 Å². The zero-order valence-corrected chi connectivity index (χ0v) is 14.9. The third kappa shape index (κ3) is 3.02. The van der Waals surface area contributed by atoms with Crippen LogP contribution in [0.4, 0.5) is 0 Å². The second-order valence-corrected chi connectivity index (χ2v) is 7.87. The number of carbonyl (C=O) groups is 2. The quantitative estimate of drug-likeness (QED) is 0.320. The molecule has 1 aromatic heterocycles. The first kappa shape index (κ1) is 17.8. The van der Waals surface area contributed by atoms with Crippen LogP contribution >= 0.6 is 11.8 Å². The van der Waals surface area contributed by atoms with Crippen LogP contribution in [0.1, 0.15) is 12.1 Å². The topological polar surface area (TPSA) is 146 Å². The van der Waals surface area contributed by atoms with Crippen molar-refractivity contribution in [2.24, 2.45) is 7.05 Å². The fourth-order valence-corrected chi connectivity index (χ4v) is 4.65. The van der Waals surface area contributed by atoms with Gasteiger partial charge in [-0.1, -0.05) is 11.8 Å². The normalized spacial score (nSPS) is 22.8. The molecule has 136 valence electrons. The van der Waals surface area contributed by atoms with Gasteiger partial charge in [0.25, 0.3) is 11.5 Å². The number of hydrogen-bond donors (Lipinski definition) is 0. The summed E-state index contributed by atoms with van der Waals surface area (Å²) < 4.78 is 34.8. The number of aryl methyl sites for hydroxylation is 2. The maximum Gasteiger partial charge on any atom is 0.295 e. The first-order valence-electron chi connectivity index (χ1n) is 7.24. The highest BCUT2D eigenvalue weighted by Gasteiger charge is 2.57. The van der Waals surface area contributed by atoms with Gasteiger partial charge in [0.1, 0.15) is 11.7 Å². The van der Waals surface area contributed by atoms with Gasteiger partial charge >= 0.3 is 0 Å². The Morgan fingerprint density at radius 1 is 1.40 bits per heavy atom. The van der Waals surface area contributed by atoms with Crippen LogP contribution < -0.4 is 5.56 Å². The van der Waals surface area contributed by atoms with Crippen molar-refractivity contribution in [2.75, 3.05) is 12.3 Å². The molecule has 2 saturated heterocycles. The Hall–Kier alpha value is -1.99. The molecule has 0 aromatic carbocycles. The summed E-state index contributed by atoms with van der Waals surface area (Å²) in [4.78, 5) is 40.9. The van der Waals surface area contributed by atoms with E-state index >= 15 is 0 Å². The summed E-state index contributed by atoms with van der Waals surface area (Å²) in [5.41, 5.74) is -0.251. The Bertz CT molecular complexity index is 913. The van der Waals surface area contributed by atoms with E-state index in [4.69, 9.17) is 0 Å². The number of nitrogens with zero attached hydrogens (tertiary/aromatic N) is 5. The van der Waals surface area contributed by atoms with Crippen LogP contribution in [0.5, 0.6) is 0 Å². The molecule has 2 atom stereocenters. The van der Waals surface area contributed by atoms with Crippen molar-refractivity contribution in [3.63, 3.8) is 0 Å². The van der Waals surface area contributed by atoms with Gasteiger partial charge in [-0.15, -0.1) is 0 Å². The fourth-order valence-electron chi connectivity index (χ4n) is 2.97. The van der Waals surface area contributed by atoms with Crippen LogP contribution in [0.2, 0.25) is 0 Å². The SMILES string of the molecule is Cc1nn(C)c(SCC(=O)N2CC[C@@H]3[C@H]2C(=O)N3S(=O)(=O)[O-])nc1=O. The predicted molar refractivity (Wildman–Crippen MR) is 83.2 cm³/mol. The van der Waals surface area contributed by atoms with Gasteiger partial charge in [-0.2, -0.15) is 10.1 Å². The Morgan fingerprint density at radius 3 is 2.72 bits per heavy atom. The van der Waals surface area contributed by atoms with E-state index in [-0.39, 0.29) is 29.6 Å². The minimum Gasteiger partial charge on any atom is -0.731 e. The minimum absolute atomic E-state index is 0.0916. The van der Waals surface area contributed by atoms with Crippen molar-refractivity contribution < 1.29 is 22.6 Å². The minimum atomic E-state index is -4.85. The summed E-state index contributed by atoms with van der Waals surface area (Å²) in [6, 6.07) is -1.70. The number of aromatic nitrogens is 3. The Labute approximate surface area is 146 Å². The lowest BCUT2D eigenvalue weighted by molar-refractivity contribution is -0.150. The molecular weight excluding hydrogens is 374 g/mol. The monoisotopic (exact) mass is 388 g/mol. The Morgan fingerprint density at radius 2 is 2.08 bits per heavy atom. The Balaban J connectivity index is 1.67. The zero-order chi connectivity index (χ0) is 18.5. The van der Waals surface area contributed by atoms with Gasteiger partial charge in [0.15, 0.2) is 15.5 Å². The molecule has 0 radical (unpaired) electrons. The summed E-state index contributed by atoms with van der Waals surface area (Å²) in [5.74, 6) is -1.37. The van der Waals surface area contributed by atoms with E-state index in [0.717, 1.165) is 11.8 Å². The van der Waals surface area contributed by atoms with Crippen molar-refractivity contribution in [3.8, 4) is 0 Å². The van der Waals surface area contributed by atoms with Crippen LogP contribution in [0, 0.1) is 6.92 Å². The molecule has 3 rings (SSSR count). The average Bonchev–Trinajstić information content (AvgIpc) is 2.86. The molecule has 0 saturated carbocycles. The molecule has 0 N–H and O–H groups in total. The second-order valence-electron chi connectivity index (χ2n) is 5.68. The number of likely N-dealkylation sites (tertiary alicyclic amines) is 1.